The highest BCUT2D eigenvalue weighted by atomic mass is 35.5. The second-order valence-corrected chi connectivity index (χ2v) is 8.33. The fourth-order valence-electron chi connectivity index (χ4n) is 2.65. The van der Waals surface area contributed by atoms with Crippen LogP contribution in [0.3, 0.4) is 0 Å². The Kier molecular flexibility index (Phi) is 6.42. The summed E-state index contributed by atoms with van der Waals surface area (Å²) in [5.74, 6) is -0.303. The molecule has 0 atom stereocenters. The minimum Gasteiger partial charge on any atom is -0.423 e. The molecule has 1 N–H and O–H groups in total. The number of aliphatic imine (C=N–C) groups is 1. The number of thioether (sulfide) groups is 1. The van der Waals surface area contributed by atoms with Gasteiger partial charge in [0.15, 0.2) is 5.17 Å². The van der Waals surface area contributed by atoms with Gasteiger partial charge in [0.2, 0.25) is 0 Å². The summed E-state index contributed by atoms with van der Waals surface area (Å²) in [6.07, 6.45) is 1.75. The van der Waals surface area contributed by atoms with Crippen LogP contribution in [0.25, 0.3) is 6.08 Å². The number of hydrogen-bond acceptors (Lipinski definition) is 5. The molecule has 0 bridgehead atoms. The van der Waals surface area contributed by atoms with E-state index in [-0.39, 0.29) is 5.91 Å². The number of carbonyl (C=O) groups excluding carboxylic acids is 2. The topological polar surface area (TPSA) is 67.8 Å². The van der Waals surface area contributed by atoms with Gasteiger partial charge < -0.3 is 10.1 Å². The molecule has 1 aliphatic rings. The van der Waals surface area contributed by atoms with Gasteiger partial charge in [0, 0.05) is 10.0 Å². The lowest BCUT2D eigenvalue weighted by Gasteiger charge is -2.05. The Morgan fingerprint density at radius 2 is 1.52 bits per heavy atom. The smallest absolute Gasteiger partial charge is 0.343 e. The van der Waals surface area contributed by atoms with Crippen molar-refractivity contribution in [3.05, 3.63) is 98.9 Å². The van der Waals surface area contributed by atoms with Gasteiger partial charge in [-0.25, -0.2) is 9.79 Å². The SMILES string of the molecule is O=C1NC(=Nc2ccc(Cl)cc2)S/C1=C\c1ccc(OC(=O)c2ccc(Cl)cc2)cc1. The number of amides is 1. The Balaban J connectivity index is 1.43. The standard InChI is InChI=1S/C23H14Cl2N2O3S/c24-16-5-3-15(4-6-16)22(29)30-19-11-1-14(2-12-19)13-20-21(28)27-23(31-20)26-18-9-7-17(25)8-10-18/h1-13H,(H,26,27,28)/b20-13-. The Labute approximate surface area is 192 Å². The molecular weight excluding hydrogens is 455 g/mol. The molecule has 0 unspecified atom stereocenters. The van der Waals surface area contributed by atoms with E-state index in [1.165, 1.54) is 11.8 Å². The molecule has 31 heavy (non-hydrogen) atoms. The minimum absolute atomic E-state index is 0.226. The summed E-state index contributed by atoms with van der Waals surface area (Å²) in [6, 6.07) is 20.3. The van der Waals surface area contributed by atoms with Crippen molar-refractivity contribution in [1.29, 1.82) is 0 Å². The highest BCUT2D eigenvalue weighted by Gasteiger charge is 2.23. The summed E-state index contributed by atoms with van der Waals surface area (Å²) < 4.78 is 5.36. The molecule has 0 radical (unpaired) electrons. The zero-order valence-corrected chi connectivity index (χ0v) is 18.2. The normalized spacial score (nSPS) is 15.9. The molecule has 1 saturated heterocycles. The summed E-state index contributed by atoms with van der Waals surface area (Å²) >= 11 is 13.0. The molecule has 0 aliphatic carbocycles. The highest BCUT2D eigenvalue weighted by Crippen LogP contribution is 2.29. The molecule has 5 nitrogen and oxygen atoms in total. The van der Waals surface area contributed by atoms with Gasteiger partial charge in [0.25, 0.3) is 5.91 Å². The van der Waals surface area contributed by atoms with E-state index < -0.39 is 5.97 Å². The summed E-state index contributed by atoms with van der Waals surface area (Å²) in [5, 5.41) is 4.40. The lowest BCUT2D eigenvalue weighted by atomic mass is 10.2. The van der Waals surface area contributed by atoms with Crippen LogP contribution in [-0.2, 0) is 4.79 Å². The first-order valence-electron chi connectivity index (χ1n) is 9.09. The lowest BCUT2D eigenvalue weighted by molar-refractivity contribution is -0.115. The summed E-state index contributed by atoms with van der Waals surface area (Å²) in [6.45, 7) is 0. The zero-order chi connectivity index (χ0) is 21.8. The first-order valence-corrected chi connectivity index (χ1v) is 10.7. The monoisotopic (exact) mass is 468 g/mol. The third kappa shape index (κ3) is 5.55. The molecule has 0 saturated carbocycles. The van der Waals surface area contributed by atoms with Crippen molar-refractivity contribution in [2.24, 2.45) is 4.99 Å². The minimum atomic E-state index is -0.475. The van der Waals surface area contributed by atoms with E-state index in [0.717, 1.165) is 5.56 Å². The first kappa shape index (κ1) is 21.2. The van der Waals surface area contributed by atoms with Crippen LogP contribution < -0.4 is 10.1 Å². The van der Waals surface area contributed by atoms with Crippen molar-refractivity contribution in [2.45, 2.75) is 0 Å². The average molecular weight is 469 g/mol. The molecule has 154 valence electrons. The van der Waals surface area contributed by atoms with Gasteiger partial charge in [0.05, 0.1) is 16.2 Å². The number of esters is 1. The first-order chi connectivity index (χ1) is 15.0. The van der Waals surface area contributed by atoms with Crippen molar-refractivity contribution in [1.82, 2.24) is 5.32 Å². The summed E-state index contributed by atoms with van der Waals surface area (Å²) in [7, 11) is 0. The highest BCUT2D eigenvalue weighted by molar-refractivity contribution is 8.18. The van der Waals surface area contributed by atoms with Gasteiger partial charge in [-0.05, 0) is 84.1 Å². The molecule has 1 fully saturated rings. The van der Waals surface area contributed by atoms with E-state index in [1.54, 1.807) is 78.9 Å². The largest absolute Gasteiger partial charge is 0.423 e. The van der Waals surface area contributed by atoms with Crippen LogP contribution >= 0.6 is 35.0 Å². The number of nitrogens with zero attached hydrogens (tertiary/aromatic N) is 1. The van der Waals surface area contributed by atoms with E-state index in [0.29, 0.717) is 37.1 Å². The van der Waals surface area contributed by atoms with Gasteiger partial charge in [-0.2, -0.15) is 0 Å². The number of hydrogen-bond donors (Lipinski definition) is 1. The molecular formula is C23H14Cl2N2O3S. The third-order valence-electron chi connectivity index (χ3n) is 4.18. The van der Waals surface area contributed by atoms with Gasteiger partial charge in [0.1, 0.15) is 5.75 Å². The average Bonchev–Trinajstić information content (AvgIpc) is 3.10. The van der Waals surface area contributed by atoms with Crippen LogP contribution in [0.5, 0.6) is 5.75 Å². The van der Waals surface area contributed by atoms with E-state index in [1.807, 2.05) is 0 Å². The number of ether oxygens (including phenoxy) is 1. The molecule has 4 rings (SSSR count). The van der Waals surface area contributed by atoms with Gasteiger partial charge >= 0.3 is 5.97 Å². The number of benzene rings is 3. The third-order valence-corrected chi connectivity index (χ3v) is 5.59. The maximum absolute atomic E-state index is 12.2. The number of amidine groups is 1. The van der Waals surface area contributed by atoms with Gasteiger partial charge in [-0.1, -0.05) is 35.3 Å². The zero-order valence-electron chi connectivity index (χ0n) is 15.8. The van der Waals surface area contributed by atoms with Crippen molar-refractivity contribution in [3.8, 4) is 5.75 Å². The number of nitrogens with one attached hydrogen (secondary N) is 1. The molecule has 3 aromatic rings. The summed E-state index contributed by atoms with van der Waals surface area (Å²) in [5.41, 5.74) is 1.89. The predicted molar refractivity (Wildman–Crippen MR) is 125 cm³/mol. The molecule has 3 aromatic carbocycles. The van der Waals surface area contributed by atoms with E-state index >= 15 is 0 Å². The van der Waals surface area contributed by atoms with Crippen molar-refractivity contribution in [2.75, 3.05) is 0 Å². The Morgan fingerprint density at radius 3 is 2.16 bits per heavy atom. The molecule has 1 heterocycles. The Bertz CT molecular complexity index is 1190. The second-order valence-electron chi connectivity index (χ2n) is 6.42. The summed E-state index contributed by atoms with van der Waals surface area (Å²) in [4.78, 5) is 29.3. The van der Waals surface area contributed by atoms with Crippen molar-refractivity contribution >= 4 is 63.8 Å². The fraction of sp³-hybridized carbons (Fsp3) is 0. The van der Waals surface area contributed by atoms with Crippen LogP contribution in [0, 0.1) is 0 Å². The Hall–Kier alpha value is -3.06. The number of carbonyl (C=O) groups is 2. The van der Waals surface area contributed by atoms with Crippen LogP contribution in [-0.4, -0.2) is 17.0 Å². The van der Waals surface area contributed by atoms with E-state index in [2.05, 4.69) is 10.3 Å². The molecule has 0 spiro atoms. The second kappa shape index (κ2) is 9.39. The maximum Gasteiger partial charge on any atom is 0.343 e. The van der Waals surface area contributed by atoms with Gasteiger partial charge in [-0.3, -0.25) is 4.79 Å². The fourth-order valence-corrected chi connectivity index (χ4v) is 3.74. The molecule has 1 amide bonds. The maximum atomic E-state index is 12.2. The number of halogens is 2. The Morgan fingerprint density at radius 1 is 0.903 bits per heavy atom. The van der Waals surface area contributed by atoms with Crippen LogP contribution in [0.15, 0.2) is 82.7 Å². The van der Waals surface area contributed by atoms with E-state index in [4.69, 9.17) is 27.9 Å². The quantitative estimate of drug-likeness (QED) is 0.285. The molecule has 8 heteroatoms. The predicted octanol–water partition coefficient (Wildman–Crippen LogP) is 6.10. The van der Waals surface area contributed by atoms with Crippen molar-refractivity contribution in [3.63, 3.8) is 0 Å². The van der Waals surface area contributed by atoms with Crippen molar-refractivity contribution < 1.29 is 14.3 Å². The molecule has 0 aromatic heterocycles. The molecule has 1 aliphatic heterocycles. The van der Waals surface area contributed by atoms with Crippen LogP contribution in [0.4, 0.5) is 5.69 Å². The van der Waals surface area contributed by atoms with E-state index in [9.17, 15) is 9.59 Å². The van der Waals surface area contributed by atoms with Gasteiger partial charge in [-0.15, -0.1) is 0 Å². The lowest BCUT2D eigenvalue weighted by Crippen LogP contribution is -2.19. The number of rotatable bonds is 4. The van der Waals surface area contributed by atoms with Crippen LogP contribution in [0.1, 0.15) is 15.9 Å². The van der Waals surface area contributed by atoms with Crippen LogP contribution in [0.2, 0.25) is 10.0 Å².